The third-order valence-electron chi connectivity index (χ3n) is 5.04. The zero-order chi connectivity index (χ0) is 18.4. The highest BCUT2D eigenvalue weighted by molar-refractivity contribution is 5.81. The molecule has 1 saturated carbocycles. The van der Waals surface area contributed by atoms with Crippen LogP contribution in [0.3, 0.4) is 0 Å². The van der Waals surface area contributed by atoms with Crippen molar-refractivity contribution in [2.24, 2.45) is 5.41 Å². The molecule has 0 spiro atoms. The van der Waals surface area contributed by atoms with E-state index in [0.29, 0.717) is 0 Å². The second-order valence-corrected chi connectivity index (χ2v) is 7.16. The average molecular weight is 350 g/mol. The summed E-state index contributed by atoms with van der Waals surface area (Å²) in [6.45, 7) is 7.47. The topological polar surface area (TPSA) is 52.6 Å². The molecule has 0 aliphatic heterocycles. The summed E-state index contributed by atoms with van der Waals surface area (Å²) >= 11 is 0. The van der Waals surface area contributed by atoms with Gasteiger partial charge in [-0.25, -0.2) is 9.59 Å². The SMILES string of the molecule is C=CC(=O)OCC1(COC(=O)C=C)CCCCCCCCCCCC1. The lowest BCUT2D eigenvalue weighted by atomic mass is 9.79. The molecule has 1 aliphatic rings. The number of hydrogen-bond donors (Lipinski definition) is 0. The average Bonchev–Trinajstić information content (AvgIpc) is 2.66. The van der Waals surface area contributed by atoms with Gasteiger partial charge in [0.05, 0.1) is 0 Å². The van der Waals surface area contributed by atoms with E-state index in [4.69, 9.17) is 9.47 Å². The summed E-state index contributed by atoms with van der Waals surface area (Å²) in [7, 11) is 0. The molecule has 0 N–H and O–H groups in total. The van der Waals surface area contributed by atoms with Crippen LogP contribution in [0, 0.1) is 5.41 Å². The maximum Gasteiger partial charge on any atom is 0.330 e. The Balaban J connectivity index is 2.77. The summed E-state index contributed by atoms with van der Waals surface area (Å²) in [6, 6.07) is 0. The zero-order valence-corrected chi connectivity index (χ0v) is 15.6. The van der Waals surface area contributed by atoms with Crippen molar-refractivity contribution in [3.05, 3.63) is 25.3 Å². The highest BCUT2D eigenvalue weighted by atomic mass is 16.5. The number of carbonyl (C=O) groups is 2. The molecule has 4 heteroatoms. The molecule has 1 rings (SSSR count). The van der Waals surface area contributed by atoms with Gasteiger partial charge in [-0.15, -0.1) is 0 Å². The quantitative estimate of drug-likeness (QED) is 0.492. The van der Waals surface area contributed by atoms with Crippen LogP contribution in [0.4, 0.5) is 0 Å². The molecule has 1 fully saturated rings. The minimum absolute atomic E-state index is 0.280. The van der Waals surface area contributed by atoms with E-state index in [-0.39, 0.29) is 18.6 Å². The molecule has 0 unspecified atom stereocenters. The first-order chi connectivity index (χ1) is 12.1. The van der Waals surface area contributed by atoms with Crippen molar-refractivity contribution in [1.29, 1.82) is 0 Å². The third kappa shape index (κ3) is 9.47. The Morgan fingerprint density at radius 3 is 1.32 bits per heavy atom. The van der Waals surface area contributed by atoms with Gasteiger partial charge >= 0.3 is 11.9 Å². The lowest BCUT2D eigenvalue weighted by Gasteiger charge is -2.33. The molecular formula is C21H34O4. The summed E-state index contributed by atoms with van der Waals surface area (Å²) in [5, 5.41) is 0. The molecule has 0 aromatic rings. The highest BCUT2D eigenvalue weighted by Gasteiger charge is 2.32. The maximum atomic E-state index is 11.5. The van der Waals surface area contributed by atoms with Crippen molar-refractivity contribution >= 4 is 11.9 Å². The molecule has 0 heterocycles. The van der Waals surface area contributed by atoms with Gasteiger partial charge in [0.2, 0.25) is 0 Å². The highest BCUT2D eigenvalue weighted by Crippen LogP contribution is 2.34. The molecular weight excluding hydrogens is 316 g/mol. The molecule has 0 amide bonds. The summed E-state index contributed by atoms with van der Waals surface area (Å²) in [5.41, 5.74) is -0.300. The van der Waals surface area contributed by atoms with E-state index in [9.17, 15) is 9.59 Å². The van der Waals surface area contributed by atoms with Crippen LogP contribution in [0.15, 0.2) is 25.3 Å². The minimum Gasteiger partial charge on any atom is -0.462 e. The largest absolute Gasteiger partial charge is 0.462 e. The van der Waals surface area contributed by atoms with Gasteiger partial charge in [0.25, 0.3) is 0 Å². The van der Waals surface area contributed by atoms with Crippen molar-refractivity contribution < 1.29 is 19.1 Å². The van der Waals surface area contributed by atoms with Gasteiger partial charge in [0.1, 0.15) is 13.2 Å². The van der Waals surface area contributed by atoms with Crippen LogP contribution >= 0.6 is 0 Å². The molecule has 1 aliphatic carbocycles. The lowest BCUT2D eigenvalue weighted by molar-refractivity contribution is -0.149. The molecule has 142 valence electrons. The first kappa shape index (κ1) is 21.5. The van der Waals surface area contributed by atoms with Gasteiger partial charge < -0.3 is 9.47 Å². The Labute approximate surface area is 152 Å². The first-order valence-electron chi connectivity index (χ1n) is 9.70. The summed E-state index contributed by atoms with van der Waals surface area (Å²) in [6.07, 6.45) is 16.4. The monoisotopic (exact) mass is 350 g/mol. The molecule has 0 saturated heterocycles. The second kappa shape index (κ2) is 12.7. The van der Waals surface area contributed by atoms with Crippen LogP contribution in [0.5, 0.6) is 0 Å². The van der Waals surface area contributed by atoms with E-state index >= 15 is 0 Å². The Hall–Kier alpha value is -1.58. The standard InChI is InChI=1S/C21H34O4/c1-3-19(22)24-17-21(18-25-20(23)4-2)15-13-11-9-7-5-6-8-10-12-14-16-21/h3-4H,1-2,5-18H2. The van der Waals surface area contributed by atoms with Gasteiger partial charge in [-0.2, -0.15) is 0 Å². The normalized spacial score (nSPS) is 19.4. The Kier molecular flexibility index (Phi) is 10.9. The van der Waals surface area contributed by atoms with Gasteiger partial charge in [-0.05, 0) is 12.8 Å². The fourth-order valence-corrected chi connectivity index (χ4v) is 3.44. The van der Waals surface area contributed by atoms with Crippen LogP contribution in [-0.2, 0) is 19.1 Å². The van der Waals surface area contributed by atoms with Crippen molar-refractivity contribution in [2.75, 3.05) is 13.2 Å². The van der Waals surface area contributed by atoms with E-state index in [1.807, 2.05) is 0 Å². The van der Waals surface area contributed by atoms with Crippen molar-refractivity contribution in [3.8, 4) is 0 Å². The summed E-state index contributed by atoms with van der Waals surface area (Å²) < 4.78 is 10.7. The van der Waals surface area contributed by atoms with Gasteiger partial charge in [-0.1, -0.05) is 77.4 Å². The van der Waals surface area contributed by atoms with E-state index in [2.05, 4.69) is 13.2 Å². The first-order valence-corrected chi connectivity index (χ1v) is 9.70. The van der Waals surface area contributed by atoms with Crippen LogP contribution in [0.2, 0.25) is 0 Å². The lowest BCUT2D eigenvalue weighted by Crippen LogP contribution is -2.34. The van der Waals surface area contributed by atoms with Crippen LogP contribution in [-0.4, -0.2) is 25.2 Å². The second-order valence-electron chi connectivity index (χ2n) is 7.16. The van der Waals surface area contributed by atoms with E-state index in [1.165, 1.54) is 63.5 Å². The number of hydrogen-bond acceptors (Lipinski definition) is 4. The Bertz CT molecular complexity index is 388. The fourth-order valence-electron chi connectivity index (χ4n) is 3.44. The molecule has 0 atom stereocenters. The van der Waals surface area contributed by atoms with Crippen molar-refractivity contribution in [1.82, 2.24) is 0 Å². The van der Waals surface area contributed by atoms with Crippen LogP contribution in [0.25, 0.3) is 0 Å². The predicted molar refractivity (Wildman–Crippen MR) is 100 cm³/mol. The summed E-state index contributed by atoms with van der Waals surface area (Å²) in [4.78, 5) is 23.1. The molecule has 0 aromatic carbocycles. The van der Waals surface area contributed by atoms with Gasteiger partial charge in [0, 0.05) is 17.6 Å². The Morgan fingerprint density at radius 1 is 0.680 bits per heavy atom. The number of rotatable bonds is 6. The maximum absolute atomic E-state index is 11.5. The smallest absolute Gasteiger partial charge is 0.330 e. The van der Waals surface area contributed by atoms with Gasteiger partial charge in [-0.3, -0.25) is 0 Å². The minimum atomic E-state index is -0.419. The molecule has 0 bridgehead atoms. The van der Waals surface area contributed by atoms with Crippen LogP contribution in [0.1, 0.15) is 77.0 Å². The fraction of sp³-hybridized carbons (Fsp3) is 0.714. The molecule has 25 heavy (non-hydrogen) atoms. The number of carbonyl (C=O) groups excluding carboxylic acids is 2. The van der Waals surface area contributed by atoms with Gasteiger partial charge in [0.15, 0.2) is 0 Å². The molecule has 4 nitrogen and oxygen atoms in total. The predicted octanol–water partition coefficient (Wildman–Crippen LogP) is 5.13. The number of ether oxygens (including phenoxy) is 2. The molecule has 0 aromatic heterocycles. The molecule has 0 radical (unpaired) electrons. The van der Waals surface area contributed by atoms with Crippen molar-refractivity contribution in [3.63, 3.8) is 0 Å². The third-order valence-corrected chi connectivity index (χ3v) is 5.04. The summed E-state index contributed by atoms with van der Waals surface area (Å²) in [5.74, 6) is -0.838. The van der Waals surface area contributed by atoms with E-state index < -0.39 is 11.9 Å². The van der Waals surface area contributed by atoms with E-state index in [1.54, 1.807) is 0 Å². The zero-order valence-electron chi connectivity index (χ0n) is 15.6. The van der Waals surface area contributed by atoms with Crippen molar-refractivity contribution in [2.45, 2.75) is 77.0 Å². The van der Waals surface area contributed by atoms with E-state index in [0.717, 1.165) is 25.7 Å². The Morgan fingerprint density at radius 2 is 1.00 bits per heavy atom. The number of esters is 2. The van der Waals surface area contributed by atoms with Crippen LogP contribution < -0.4 is 0 Å².